The average molecular weight is 219 g/mol. The lowest BCUT2D eigenvalue weighted by molar-refractivity contribution is 0.685. The summed E-state index contributed by atoms with van der Waals surface area (Å²) in [5.41, 5.74) is 3.24. The second-order valence-corrected chi connectivity index (χ2v) is 3.94. The number of nitrogens with zero attached hydrogens (tertiary/aromatic N) is 4. The van der Waals surface area contributed by atoms with Gasteiger partial charge in [-0.05, 0) is 27.0 Å². The number of hydrogen-bond acceptors (Lipinski definition) is 3. The van der Waals surface area contributed by atoms with Crippen LogP contribution in [0.4, 0.5) is 0 Å². The lowest BCUT2D eigenvalue weighted by atomic mass is 10.2. The molecule has 0 saturated heterocycles. The summed E-state index contributed by atoms with van der Waals surface area (Å²) in [6.07, 6.45) is 1.96. The number of aryl methyl sites for hydroxylation is 3. The van der Waals surface area contributed by atoms with Crippen LogP contribution in [0.3, 0.4) is 0 Å². The van der Waals surface area contributed by atoms with Crippen molar-refractivity contribution >= 4 is 0 Å². The van der Waals surface area contributed by atoms with E-state index in [9.17, 15) is 0 Å². The van der Waals surface area contributed by atoms with E-state index in [1.165, 1.54) is 5.56 Å². The van der Waals surface area contributed by atoms with Crippen LogP contribution in [-0.4, -0.2) is 26.6 Å². The summed E-state index contributed by atoms with van der Waals surface area (Å²) in [6, 6.07) is 1.99. The fourth-order valence-corrected chi connectivity index (χ4v) is 1.89. The van der Waals surface area contributed by atoms with E-state index in [1.54, 1.807) is 0 Å². The van der Waals surface area contributed by atoms with Gasteiger partial charge in [0.05, 0.1) is 11.4 Å². The maximum absolute atomic E-state index is 4.43. The van der Waals surface area contributed by atoms with Gasteiger partial charge in [-0.25, -0.2) is 4.68 Å². The fraction of sp³-hybridized carbons (Fsp3) is 0.455. The Balaban J connectivity index is 2.54. The van der Waals surface area contributed by atoms with Crippen LogP contribution in [0.5, 0.6) is 0 Å². The molecule has 1 N–H and O–H groups in total. The van der Waals surface area contributed by atoms with Gasteiger partial charge in [0.15, 0.2) is 5.82 Å². The van der Waals surface area contributed by atoms with E-state index in [-0.39, 0.29) is 0 Å². The Morgan fingerprint density at radius 2 is 2.06 bits per heavy atom. The van der Waals surface area contributed by atoms with Crippen molar-refractivity contribution in [3.8, 4) is 5.82 Å². The summed E-state index contributed by atoms with van der Waals surface area (Å²) >= 11 is 0. The molecule has 2 rings (SSSR count). The summed E-state index contributed by atoms with van der Waals surface area (Å²) in [5.74, 6) is 1.03. The van der Waals surface area contributed by atoms with Crippen molar-refractivity contribution in [2.75, 3.05) is 7.05 Å². The van der Waals surface area contributed by atoms with Gasteiger partial charge in [-0.15, -0.1) is 0 Å². The molecule has 0 aromatic carbocycles. The highest BCUT2D eigenvalue weighted by Crippen LogP contribution is 2.17. The summed E-state index contributed by atoms with van der Waals surface area (Å²) < 4.78 is 3.75. The Bertz CT molecular complexity index is 494. The van der Waals surface area contributed by atoms with Crippen LogP contribution in [0, 0.1) is 13.8 Å². The highest BCUT2D eigenvalue weighted by atomic mass is 15.4. The molecule has 0 atom stereocenters. The zero-order valence-corrected chi connectivity index (χ0v) is 10.2. The minimum atomic E-state index is 0.800. The van der Waals surface area contributed by atoms with E-state index >= 15 is 0 Å². The van der Waals surface area contributed by atoms with E-state index < -0.39 is 0 Å². The minimum absolute atomic E-state index is 0.800. The molecule has 0 bridgehead atoms. The van der Waals surface area contributed by atoms with Crippen molar-refractivity contribution in [1.82, 2.24) is 24.9 Å². The molecule has 5 heteroatoms. The van der Waals surface area contributed by atoms with Crippen molar-refractivity contribution in [2.45, 2.75) is 20.4 Å². The van der Waals surface area contributed by atoms with Crippen molar-refractivity contribution < 1.29 is 0 Å². The van der Waals surface area contributed by atoms with E-state index in [0.717, 1.165) is 23.8 Å². The molecule has 0 saturated carbocycles. The lowest BCUT2D eigenvalue weighted by Gasteiger charge is -2.05. The maximum Gasteiger partial charge on any atom is 0.156 e. The van der Waals surface area contributed by atoms with Crippen LogP contribution < -0.4 is 5.32 Å². The van der Waals surface area contributed by atoms with E-state index in [2.05, 4.69) is 15.5 Å². The lowest BCUT2D eigenvalue weighted by Crippen LogP contribution is -2.11. The van der Waals surface area contributed by atoms with Crippen LogP contribution in [0.15, 0.2) is 12.3 Å². The Morgan fingerprint density at radius 1 is 1.31 bits per heavy atom. The summed E-state index contributed by atoms with van der Waals surface area (Å²) in [7, 11) is 3.88. The first-order chi connectivity index (χ1) is 7.63. The Labute approximate surface area is 95.1 Å². The van der Waals surface area contributed by atoms with Crippen molar-refractivity contribution in [1.29, 1.82) is 0 Å². The largest absolute Gasteiger partial charge is 0.315 e. The monoisotopic (exact) mass is 219 g/mol. The maximum atomic E-state index is 4.43. The number of nitrogens with one attached hydrogen (secondary N) is 1. The molecule has 2 aromatic heterocycles. The van der Waals surface area contributed by atoms with Gasteiger partial charge in [-0.2, -0.15) is 10.2 Å². The quantitative estimate of drug-likeness (QED) is 0.836. The van der Waals surface area contributed by atoms with Crippen molar-refractivity contribution in [3.05, 3.63) is 29.2 Å². The molecule has 0 aliphatic carbocycles. The van der Waals surface area contributed by atoms with Gasteiger partial charge in [0.2, 0.25) is 0 Å². The summed E-state index contributed by atoms with van der Waals surface area (Å²) in [6.45, 7) is 4.80. The summed E-state index contributed by atoms with van der Waals surface area (Å²) in [4.78, 5) is 0. The Hall–Kier alpha value is -1.62. The molecule has 5 nitrogen and oxygen atoms in total. The first kappa shape index (κ1) is 10.9. The zero-order chi connectivity index (χ0) is 11.7. The summed E-state index contributed by atoms with van der Waals surface area (Å²) in [5, 5.41) is 12.0. The Morgan fingerprint density at radius 3 is 2.62 bits per heavy atom. The molecule has 2 aromatic rings. The van der Waals surface area contributed by atoms with E-state index in [4.69, 9.17) is 0 Å². The normalized spacial score (nSPS) is 11.0. The smallest absolute Gasteiger partial charge is 0.156 e. The van der Waals surface area contributed by atoms with Crippen LogP contribution in [-0.2, 0) is 13.6 Å². The van der Waals surface area contributed by atoms with Crippen LogP contribution in [0.1, 0.15) is 17.0 Å². The molecule has 0 fully saturated rings. The first-order valence-corrected chi connectivity index (χ1v) is 5.33. The molecule has 0 amide bonds. The van der Waals surface area contributed by atoms with Crippen LogP contribution in [0.25, 0.3) is 5.82 Å². The minimum Gasteiger partial charge on any atom is -0.315 e. The van der Waals surface area contributed by atoms with E-state index in [0.29, 0.717) is 0 Å². The van der Waals surface area contributed by atoms with Gasteiger partial charge in [0, 0.05) is 25.4 Å². The number of hydrogen-bond donors (Lipinski definition) is 1. The molecule has 0 aliphatic rings. The standard InChI is InChI=1S/C11H17N5/c1-8-5-6-16(13-8)11-10(7-12-3)9(2)14-15(11)4/h5-6,12H,7H2,1-4H3. The predicted octanol–water partition coefficient (Wildman–Crippen LogP) is 0.942. The number of aromatic nitrogens is 4. The predicted molar refractivity (Wildman–Crippen MR) is 62.6 cm³/mol. The molecule has 16 heavy (non-hydrogen) atoms. The molecule has 0 radical (unpaired) electrons. The highest BCUT2D eigenvalue weighted by Gasteiger charge is 2.14. The van der Waals surface area contributed by atoms with Crippen LogP contribution >= 0.6 is 0 Å². The third-order valence-electron chi connectivity index (χ3n) is 2.61. The van der Waals surface area contributed by atoms with E-state index in [1.807, 2.05) is 49.6 Å². The molecular formula is C11H17N5. The molecule has 0 aliphatic heterocycles. The van der Waals surface area contributed by atoms with Gasteiger partial charge in [-0.3, -0.25) is 4.68 Å². The molecule has 86 valence electrons. The van der Waals surface area contributed by atoms with Gasteiger partial charge in [0.25, 0.3) is 0 Å². The Kier molecular flexibility index (Phi) is 2.78. The van der Waals surface area contributed by atoms with Gasteiger partial charge >= 0.3 is 0 Å². The molecule has 0 unspecified atom stereocenters. The molecule has 0 spiro atoms. The fourth-order valence-electron chi connectivity index (χ4n) is 1.89. The average Bonchev–Trinajstić information content (AvgIpc) is 2.73. The van der Waals surface area contributed by atoms with Gasteiger partial charge < -0.3 is 5.32 Å². The second-order valence-electron chi connectivity index (χ2n) is 3.94. The SMILES string of the molecule is CNCc1c(C)nn(C)c1-n1ccc(C)n1. The first-order valence-electron chi connectivity index (χ1n) is 5.33. The molecule has 2 heterocycles. The third-order valence-corrected chi connectivity index (χ3v) is 2.61. The van der Waals surface area contributed by atoms with Gasteiger partial charge in [-0.1, -0.05) is 0 Å². The molecular weight excluding hydrogens is 202 g/mol. The highest BCUT2D eigenvalue weighted by molar-refractivity contribution is 5.37. The van der Waals surface area contributed by atoms with Crippen LogP contribution in [0.2, 0.25) is 0 Å². The zero-order valence-electron chi connectivity index (χ0n) is 10.2. The van der Waals surface area contributed by atoms with Crippen molar-refractivity contribution in [2.24, 2.45) is 7.05 Å². The third kappa shape index (κ3) is 1.74. The second kappa shape index (κ2) is 4.09. The van der Waals surface area contributed by atoms with Gasteiger partial charge in [0.1, 0.15) is 0 Å². The number of rotatable bonds is 3. The van der Waals surface area contributed by atoms with Crippen molar-refractivity contribution in [3.63, 3.8) is 0 Å². The topological polar surface area (TPSA) is 47.7 Å².